The third-order valence-corrected chi connectivity index (χ3v) is 5.13. The summed E-state index contributed by atoms with van der Waals surface area (Å²) >= 11 is 0. The van der Waals surface area contributed by atoms with Crippen LogP contribution in [0.1, 0.15) is 63.2 Å². The third-order valence-electron chi connectivity index (χ3n) is 5.13. The lowest BCUT2D eigenvalue weighted by atomic mass is 10.0. The molecule has 0 saturated heterocycles. The number of carbonyl (C=O) groups excluding carboxylic acids is 3. The SMILES string of the molecule is CC(C)(C)OC(=O)NNc1ccc(C(=O)NCCOCCOCCNC(=O)OC2CC/C=C/CCC2)cn1. The summed E-state index contributed by atoms with van der Waals surface area (Å²) < 4.78 is 21.5. The monoisotopic (exact) mass is 535 g/mol. The van der Waals surface area contributed by atoms with Crippen LogP contribution < -0.4 is 21.5 Å². The summed E-state index contributed by atoms with van der Waals surface area (Å²) in [6.45, 7) is 7.37. The van der Waals surface area contributed by atoms with Crippen LogP contribution in [0.4, 0.5) is 15.4 Å². The zero-order valence-corrected chi connectivity index (χ0v) is 22.5. The molecule has 0 saturated carbocycles. The van der Waals surface area contributed by atoms with Crippen molar-refractivity contribution in [2.24, 2.45) is 0 Å². The molecule has 4 N–H and O–H groups in total. The second kappa shape index (κ2) is 17.2. The Balaban J connectivity index is 1.45. The van der Waals surface area contributed by atoms with Crippen LogP contribution in [0.25, 0.3) is 0 Å². The lowest BCUT2D eigenvalue weighted by Crippen LogP contribution is -2.36. The zero-order valence-electron chi connectivity index (χ0n) is 22.5. The Hall–Kier alpha value is -3.38. The Morgan fingerprint density at radius 1 is 0.921 bits per heavy atom. The minimum absolute atomic E-state index is 0.0319. The number of ether oxygens (including phenoxy) is 4. The molecule has 0 aliphatic heterocycles. The highest BCUT2D eigenvalue weighted by Crippen LogP contribution is 2.15. The van der Waals surface area contributed by atoms with Gasteiger partial charge in [-0.25, -0.2) is 20.0 Å². The fourth-order valence-electron chi connectivity index (χ4n) is 3.34. The van der Waals surface area contributed by atoms with Crippen LogP contribution in [0, 0.1) is 0 Å². The lowest BCUT2D eigenvalue weighted by Gasteiger charge is -2.19. The van der Waals surface area contributed by atoms with Gasteiger partial charge in [0, 0.05) is 19.3 Å². The van der Waals surface area contributed by atoms with Crippen LogP contribution in [0.2, 0.25) is 0 Å². The number of carbonyl (C=O) groups is 3. The first kappa shape index (κ1) is 30.8. The molecule has 1 aromatic rings. The molecule has 0 aromatic carbocycles. The maximum Gasteiger partial charge on any atom is 0.426 e. The molecule has 3 amide bonds. The average molecular weight is 536 g/mol. The third kappa shape index (κ3) is 14.4. The van der Waals surface area contributed by atoms with Crippen LogP contribution in [0.3, 0.4) is 0 Å². The molecule has 0 fully saturated rings. The van der Waals surface area contributed by atoms with Gasteiger partial charge in [-0.3, -0.25) is 10.2 Å². The quantitative estimate of drug-likeness (QED) is 0.169. The molecule has 1 aromatic heterocycles. The van der Waals surface area contributed by atoms with Gasteiger partial charge in [-0.1, -0.05) is 12.2 Å². The van der Waals surface area contributed by atoms with E-state index < -0.39 is 17.8 Å². The Morgan fingerprint density at radius 3 is 2.32 bits per heavy atom. The molecular formula is C26H41N5O7. The molecule has 1 heterocycles. The van der Waals surface area contributed by atoms with Crippen molar-refractivity contribution in [3.05, 3.63) is 36.0 Å². The number of hydrogen-bond donors (Lipinski definition) is 4. The van der Waals surface area contributed by atoms with Crippen molar-refractivity contribution in [1.29, 1.82) is 0 Å². The number of aromatic nitrogens is 1. The van der Waals surface area contributed by atoms with E-state index in [2.05, 4.69) is 38.6 Å². The molecule has 0 spiro atoms. The molecule has 0 radical (unpaired) electrons. The summed E-state index contributed by atoms with van der Waals surface area (Å²) in [7, 11) is 0. The molecule has 2 rings (SSSR count). The summed E-state index contributed by atoms with van der Waals surface area (Å²) in [5.41, 5.74) is 4.74. The van der Waals surface area contributed by atoms with Crippen molar-refractivity contribution in [2.75, 3.05) is 44.9 Å². The Kier molecular flexibility index (Phi) is 14.0. The van der Waals surface area contributed by atoms with Gasteiger partial charge in [-0.15, -0.1) is 0 Å². The van der Waals surface area contributed by atoms with Crippen molar-refractivity contribution in [2.45, 2.75) is 64.6 Å². The van der Waals surface area contributed by atoms with Gasteiger partial charge < -0.3 is 29.6 Å². The number of alkyl carbamates (subject to hydrolysis) is 1. The fourth-order valence-corrected chi connectivity index (χ4v) is 3.34. The lowest BCUT2D eigenvalue weighted by molar-refractivity contribution is 0.0468. The van der Waals surface area contributed by atoms with Crippen molar-refractivity contribution >= 4 is 23.9 Å². The van der Waals surface area contributed by atoms with Gasteiger partial charge in [0.1, 0.15) is 17.5 Å². The number of rotatable bonds is 13. The number of pyridine rings is 1. The van der Waals surface area contributed by atoms with Crippen LogP contribution in [-0.4, -0.2) is 74.3 Å². The van der Waals surface area contributed by atoms with Crippen LogP contribution in [0.5, 0.6) is 0 Å². The predicted molar refractivity (Wildman–Crippen MR) is 142 cm³/mol. The van der Waals surface area contributed by atoms with Gasteiger partial charge >= 0.3 is 12.2 Å². The fraction of sp³-hybridized carbons (Fsp3) is 0.615. The summed E-state index contributed by atoms with van der Waals surface area (Å²) in [4.78, 5) is 39.8. The first-order valence-electron chi connectivity index (χ1n) is 13.0. The minimum Gasteiger partial charge on any atom is -0.446 e. The summed E-state index contributed by atoms with van der Waals surface area (Å²) in [6, 6.07) is 3.14. The van der Waals surface area contributed by atoms with Crippen molar-refractivity contribution in [1.82, 2.24) is 21.0 Å². The highest BCUT2D eigenvalue weighted by atomic mass is 16.6. The van der Waals surface area contributed by atoms with E-state index in [4.69, 9.17) is 18.9 Å². The number of allylic oxidation sites excluding steroid dienone is 2. The topological polar surface area (TPSA) is 149 Å². The molecule has 1 unspecified atom stereocenters. The molecular weight excluding hydrogens is 494 g/mol. The summed E-state index contributed by atoms with van der Waals surface area (Å²) in [5.74, 6) is 0.0633. The van der Waals surface area contributed by atoms with Crippen LogP contribution in [0.15, 0.2) is 30.5 Å². The van der Waals surface area contributed by atoms with E-state index in [-0.39, 0.29) is 12.0 Å². The van der Waals surface area contributed by atoms with Gasteiger partial charge in [0.05, 0.1) is 32.0 Å². The van der Waals surface area contributed by atoms with E-state index in [0.29, 0.717) is 50.9 Å². The Morgan fingerprint density at radius 2 is 1.63 bits per heavy atom. The normalized spacial score (nSPS) is 16.3. The highest BCUT2D eigenvalue weighted by molar-refractivity contribution is 5.94. The van der Waals surface area contributed by atoms with Crippen LogP contribution >= 0.6 is 0 Å². The molecule has 0 bridgehead atoms. The number of nitrogens with one attached hydrogen (secondary N) is 4. The van der Waals surface area contributed by atoms with E-state index in [1.165, 1.54) is 6.20 Å². The first-order chi connectivity index (χ1) is 18.2. The smallest absolute Gasteiger partial charge is 0.426 e. The Labute approximate surface area is 224 Å². The number of anilines is 1. The zero-order chi connectivity index (χ0) is 27.6. The van der Waals surface area contributed by atoms with E-state index in [1.807, 2.05) is 0 Å². The minimum atomic E-state index is -0.637. The molecule has 212 valence electrons. The maximum atomic E-state index is 12.2. The van der Waals surface area contributed by atoms with Gasteiger partial charge in [-0.2, -0.15) is 0 Å². The average Bonchev–Trinajstić information content (AvgIpc) is 2.84. The highest BCUT2D eigenvalue weighted by Gasteiger charge is 2.16. The summed E-state index contributed by atoms with van der Waals surface area (Å²) in [6.07, 6.45) is 9.38. The van der Waals surface area contributed by atoms with E-state index in [1.54, 1.807) is 32.9 Å². The van der Waals surface area contributed by atoms with E-state index in [0.717, 1.165) is 32.1 Å². The van der Waals surface area contributed by atoms with Crippen molar-refractivity contribution in [3.63, 3.8) is 0 Å². The van der Waals surface area contributed by atoms with Crippen LogP contribution in [-0.2, 0) is 18.9 Å². The number of hydrazine groups is 1. The standard InChI is InChI=1S/C26H41N5O7/c1-26(2,3)38-25(34)31-30-22-12-11-20(19-29-22)23(32)27-13-15-35-17-18-36-16-14-28-24(33)37-21-9-7-5-4-6-8-10-21/h4-5,11-12,19,21H,6-10,13-18H2,1-3H3,(H,27,32)(H,28,33)(H,29,30)(H,31,34)/b5-4+. The Bertz CT molecular complexity index is 887. The van der Waals surface area contributed by atoms with Crippen molar-refractivity contribution < 1.29 is 33.3 Å². The predicted octanol–water partition coefficient (Wildman–Crippen LogP) is 3.31. The van der Waals surface area contributed by atoms with Gasteiger partial charge in [0.2, 0.25) is 0 Å². The second-order valence-electron chi connectivity index (χ2n) is 9.60. The number of hydrogen-bond acceptors (Lipinski definition) is 9. The number of amides is 3. The van der Waals surface area contributed by atoms with Crippen molar-refractivity contribution in [3.8, 4) is 0 Å². The molecule has 1 aliphatic rings. The van der Waals surface area contributed by atoms with E-state index >= 15 is 0 Å². The van der Waals surface area contributed by atoms with Gasteiger partial charge in [-0.05, 0) is 65.0 Å². The first-order valence-corrected chi connectivity index (χ1v) is 13.0. The van der Waals surface area contributed by atoms with Gasteiger partial charge in [0.25, 0.3) is 5.91 Å². The maximum absolute atomic E-state index is 12.2. The molecule has 12 nitrogen and oxygen atoms in total. The second-order valence-corrected chi connectivity index (χ2v) is 9.60. The summed E-state index contributed by atoms with van der Waals surface area (Å²) in [5, 5.41) is 5.44. The molecule has 1 atom stereocenters. The molecule has 12 heteroatoms. The van der Waals surface area contributed by atoms with Gasteiger partial charge in [0.15, 0.2) is 0 Å². The number of nitrogens with zero attached hydrogens (tertiary/aromatic N) is 1. The molecule has 38 heavy (non-hydrogen) atoms. The largest absolute Gasteiger partial charge is 0.446 e. The van der Waals surface area contributed by atoms with E-state index in [9.17, 15) is 14.4 Å². The molecule has 1 aliphatic carbocycles.